The topological polar surface area (TPSA) is 46.8 Å². The average molecular weight is 244 g/mol. The first-order valence-electron chi connectivity index (χ1n) is 5.74. The second-order valence-corrected chi connectivity index (χ2v) is 3.85. The Morgan fingerprint density at radius 1 is 1.28 bits per heavy atom. The van der Waals surface area contributed by atoms with Crippen LogP contribution in [0.5, 0.6) is 5.75 Å². The summed E-state index contributed by atoms with van der Waals surface area (Å²) < 4.78 is 10.6. The molecule has 0 atom stereocenters. The third-order valence-corrected chi connectivity index (χ3v) is 2.51. The maximum absolute atomic E-state index is 5.37. The molecule has 4 nitrogen and oxygen atoms in total. The van der Waals surface area contributed by atoms with Crippen molar-refractivity contribution in [3.05, 3.63) is 53.5 Å². The van der Waals surface area contributed by atoms with Crippen molar-refractivity contribution in [1.82, 2.24) is 5.43 Å². The summed E-state index contributed by atoms with van der Waals surface area (Å²) in [4.78, 5) is 0. The van der Waals surface area contributed by atoms with Crippen LogP contribution in [0.1, 0.15) is 17.1 Å². The second kappa shape index (κ2) is 5.91. The first-order valence-corrected chi connectivity index (χ1v) is 5.74. The zero-order chi connectivity index (χ0) is 12.8. The molecule has 0 aliphatic rings. The van der Waals surface area contributed by atoms with Crippen molar-refractivity contribution in [1.29, 1.82) is 0 Å². The van der Waals surface area contributed by atoms with E-state index < -0.39 is 0 Å². The van der Waals surface area contributed by atoms with Gasteiger partial charge in [-0.05, 0) is 25.1 Å². The fraction of sp³-hybridized carbons (Fsp3) is 0.214. The van der Waals surface area contributed by atoms with E-state index in [2.05, 4.69) is 10.5 Å². The van der Waals surface area contributed by atoms with Gasteiger partial charge in [0.05, 0.1) is 19.9 Å². The Bertz CT molecular complexity index is 532. The molecule has 0 aliphatic carbocycles. The zero-order valence-corrected chi connectivity index (χ0v) is 10.5. The summed E-state index contributed by atoms with van der Waals surface area (Å²) in [6, 6.07) is 11.6. The number of rotatable bonds is 5. The predicted molar refractivity (Wildman–Crippen MR) is 70.9 cm³/mol. The van der Waals surface area contributed by atoms with Crippen molar-refractivity contribution < 1.29 is 9.15 Å². The molecule has 1 aromatic carbocycles. The van der Waals surface area contributed by atoms with Crippen LogP contribution in [-0.4, -0.2) is 13.3 Å². The van der Waals surface area contributed by atoms with Crippen LogP contribution in [0.4, 0.5) is 0 Å². The van der Waals surface area contributed by atoms with Gasteiger partial charge in [0, 0.05) is 5.56 Å². The van der Waals surface area contributed by atoms with Crippen LogP contribution in [-0.2, 0) is 6.54 Å². The Morgan fingerprint density at radius 3 is 2.83 bits per heavy atom. The van der Waals surface area contributed by atoms with E-state index in [-0.39, 0.29) is 0 Å². The van der Waals surface area contributed by atoms with Gasteiger partial charge in [-0.3, -0.25) is 0 Å². The Kier molecular flexibility index (Phi) is 4.02. The van der Waals surface area contributed by atoms with Gasteiger partial charge in [0.2, 0.25) is 0 Å². The van der Waals surface area contributed by atoms with E-state index >= 15 is 0 Å². The lowest BCUT2D eigenvalue weighted by molar-refractivity contribution is 0.408. The summed E-state index contributed by atoms with van der Waals surface area (Å²) in [6.45, 7) is 2.51. The molecule has 0 unspecified atom stereocenters. The smallest absolute Gasteiger partial charge is 0.147 e. The van der Waals surface area contributed by atoms with E-state index in [0.29, 0.717) is 6.54 Å². The highest BCUT2D eigenvalue weighted by atomic mass is 16.5. The molecule has 0 spiro atoms. The Balaban J connectivity index is 1.90. The number of hydrogen-bond acceptors (Lipinski definition) is 4. The van der Waals surface area contributed by atoms with Gasteiger partial charge in [-0.25, -0.2) is 0 Å². The van der Waals surface area contributed by atoms with Gasteiger partial charge in [-0.1, -0.05) is 18.2 Å². The fourth-order valence-electron chi connectivity index (χ4n) is 1.61. The maximum Gasteiger partial charge on any atom is 0.147 e. The van der Waals surface area contributed by atoms with Crippen LogP contribution in [0.25, 0.3) is 0 Å². The number of aryl methyl sites for hydroxylation is 1. The van der Waals surface area contributed by atoms with E-state index in [1.165, 1.54) is 0 Å². The number of hydrazone groups is 1. The molecule has 1 N–H and O–H groups in total. The average Bonchev–Trinajstić information content (AvgIpc) is 2.81. The molecule has 1 aromatic heterocycles. The molecule has 2 aromatic rings. The van der Waals surface area contributed by atoms with E-state index in [1.807, 2.05) is 43.3 Å². The molecule has 0 radical (unpaired) electrons. The third kappa shape index (κ3) is 3.13. The summed E-state index contributed by atoms with van der Waals surface area (Å²) >= 11 is 0. The first-order chi connectivity index (χ1) is 8.79. The molecule has 0 bridgehead atoms. The van der Waals surface area contributed by atoms with Crippen LogP contribution >= 0.6 is 0 Å². The molecular formula is C14H16N2O2. The van der Waals surface area contributed by atoms with Crippen molar-refractivity contribution in [3.63, 3.8) is 0 Å². The molecule has 18 heavy (non-hydrogen) atoms. The highest BCUT2D eigenvalue weighted by Gasteiger charge is 1.99. The van der Waals surface area contributed by atoms with Crippen LogP contribution in [0.3, 0.4) is 0 Å². The third-order valence-electron chi connectivity index (χ3n) is 2.51. The summed E-state index contributed by atoms with van der Waals surface area (Å²) in [7, 11) is 1.66. The quantitative estimate of drug-likeness (QED) is 0.649. The minimum atomic E-state index is 0.611. The number of nitrogens with zero attached hydrogens (tertiary/aromatic N) is 1. The molecule has 1 heterocycles. The lowest BCUT2D eigenvalue weighted by Crippen LogP contribution is -2.06. The SMILES string of the molecule is COc1ccccc1CN/N=C\c1ccc(C)o1. The maximum atomic E-state index is 5.37. The van der Waals surface area contributed by atoms with Crippen LogP contribution in [0.2, 0.25) is 0 Å². The monoisotopic (exact) mass is 244 g/mol. The van der Waals surface area contributed by atoms with Crippen LogP contribution < -0.4 is 10.2 Å². The normalized spacial score (nSPS) is 10.8. The van der Waals surface area contributed by atoms with Gasteiger partial charge < -0.3 is 14.6 Å². The standard InChI is InChI=1S/C14H16N2O2/c1-11-7-8-13(18-11)10-16-15-9-12-5-3-4-6-14(12)17-2/h3-8,10,15H,9H2,1-2H3/b16-10-. The summed E-state index contributed by atoms with van der Waals surface area (Å²) in [5.41, 5.74) is 4.03. The number of hydrogen-bond donors (Lipinski definition) is 1. The van der Waals surface area contributed by atoms with Crippen molar-refractivity contribution in [3.8, 4) is 5.75 Å². The van der Waals surface area contributed by atoms with Crippen molar-refractivity contribution >= 4 is 6.21 Å². The highest BCUT2D eigenvalue weighted by molar-refractivity contribution is 5.75. The lowest BCUT2D eigenvalue weighted by atomic mass is 10.2. The van der Waals surface area contributed by atoms with Gasteiger partial charge in [0.1, 0.15) is 17.3 Å². The molecule has 0 amide bonds. The highest BCUT2D eigenvalue weighted by Crippen LogP contribution is 2.16. The van der Waals surface area contributed by atoms with Gasteiger partial charge in [0.25, 0.3) is 0 Å². The van der Waals surface area contributed by atoms with Crippen LogP contribution in [0, 0.1) is 6.92 Å². The zero-order valence-electron chi connectivity index (χ0n) is 10.5. The number of ether oxygens (including phenoxy) is 1. The molecule has 0 saturated heterocycles. The molecule has 4 heteroatoms. The van der Waals surface area contributed by atoms with Gasteiger partial charge >= 0.3 is 0 Å². The lowest BCUT2D eigenvalue weighted by Gasteiger charge is -2.06. The van der Waals surface area contributed by atoms with Crippen LogP contribution in [0.15, 0.2) is 45.9 Å². The van der Waals surface area contributed by atoms with Gasteiger partial charge in [-0.2, -0.15) is 5.10 Å². The largest absolute Gasteiger partial charge is 0.496 e. The number of nitrogens with one attached hydrogen (secondary N) is 1. The summed E-state index contributed by atoms with van der Waals surface area (Å²) in [5.74, 6) is 2.47. The van der Waals surface area contributed by atoms with Crippen molar-refractivity contribution in [2.24, 2.45) is 5.10 Å². The van der Waals surface area contributed by atoms with E-state index in [4.69, 9.17) is 9.15 Å². The predicted octanol–water partition coefficient (Wildman–Crippen LogP) is 2.72. The van der Waals surface area contributed by atoms with Crippen molar-refractivity contribution in [2.75, 3.05) is 7.11 Å². The molecule has 94 valence electrons. The Labute approximate surface area is 106 Å². The number of methoxy groups -OCH3 is 1. The molecule has 0 fully saturated rings. The first kappa shape index (κ1) is 12.2. The Hall–Kier alpha value is -2.23. The molecule has 2 rings (SSSR count). The van der Waals surface area contributed by atoms with Crippen molar-refractivity contribution in [2.45, 2.75) is 13.5 Å². The summed E-state index contributed by atoms with van der Waals surface area (Å²) in [6.07, 6.45) is 1.66. The minimum Gasteiger partial charge on any atom is -0.496 e. The van der Waals surface area contributed by atoms with E-state index in [1.54, 1.807) is 13.3 Å². The number of para-hydroxylation sites is 1. The summed E-state index contributed by atoms with van der Waals surface area (Å²) in [5, 5.41) is 4.10. The van der Waals surface area contributed by atoms with Gasteiger partial charge in [0.15, 0.2) is 0 Å². The Morgan fingerprint density at radius 2 is 2.11 bits per heavy atom. The number of furan rings is 1. The molecular weight excluding hydrogens is 228 g/mol. The van der Waals surface area contributed by atoms with E-state index in [9.17, 15) is 0 Å². The minimum absolute atomic E-state index is 0.611. The van der Waals surface area contributed by atoms with Gasteiger partial charge in [-0.15, -0.1) is 0 Å². The molecule has 0 saturated carbocycles. The van der Waals surface area contributed by atoms with E-state index in [0.717, 1.165) is 22.8 Å². The second-order valence-electron chi connectivity index (χ2n) is 3.85. The molecule has 0 aliphatic heterocycles. The number of benzene rings is 1. The fourth-order valence-corrected chi connectivity index (χ4v) is 1.61.